The molecule has 0 saturated heterocycles. The highest BCUT2D eigenvalue weighted by Gasteiger charge is 2.15. The van der Waals surface area contributed by atoms with Crippen molar-refractivity contribution in [3.05, 3.63) is 66.9 Å². The Labute approximate surface area is 136 Å². The van der Waals surface area contributed by atoms with Crippen LogP contribution in [-0.4, -0.2) is 19.5 Å². The molecule has 1 N–H and O–H groups in total. The zero-order valence-electron chi connectivity index (χ0n) is 13.0. The van der Waals surface area contributed by atoms with Crippen LogP contribution in [0, 0.1) is 5.92 Å². The largest absolute Gasteiger partial charge is 0.347 e. The van der Waals surface area contributed by atoms with Crippen molar-refractivity contribution in [1.82, 2.24) is 9.29 Å². The summed E-state index contributed by atoms with van der Waals surface area (Å²) in [7, 11) is -3.44. The van der Waals surface area contributed by atoms with Gasteiger partial charge in [0.15, 0.2) is 0 Å². The summed E-state index contributed by atoms with van der Waals surface area (Å²) in [6, 6.07) is 18.7. The van der Waals surface area contributed by atoms with E-state index in [2.05, 4.69) is 27.5 Å². The summed E-state index contributed by atoms with van der Waals surface area (Å²) >= 11 is 0. The lowest BCUT2D eigenvalue weighted by Crippen LogP contribution is -2.30. The van der Waals surface area contributed by atoms with E-state index in [9.17, 15) is 8.42 Å². The lowest BCUT2D eigenvalue weighted by molar-refractivity contribution is 0.478. The van der Waals surface area contributed by atoms with Crippen LogP contribution in [0.4, 0.5) is 0 Å². The fourth-order valence-corrected chi connectivity index (χ4v) is 3.82. The molecule has 0 aliphatic carbocycles. The Morgan fingerprint density at radius 1 is 1.00 bits per heavy atom. The standard InChI is InChI=1S/C18H20N2O2S/c1-15(13-19-23(21,22)17-8-3-2-4-9-17)14-20-12-11-16-7-5-6-10-18(16)20/h2-12,15,19H,13-14H2,1H3/t15-/m0/s1. The van der Waals surface area contributed by atoms with E-state index in [0.29, 0.717) is 11.4 Å². The minimum absolute atomic E-state index is 0.185. The van der Waals surface area contributed by atoms with Gasteiger partial charge in [-0.15, -0.1) is 0 Å². The first kappa shape index (κ1) is 15.8. The minimum atomic E-state index is -3.44. The van der Waals surface area contributed by atoms with E-state index in [4.69, 9.17) is 0 Å². The number of rotatable bonds is 6. The lowest BCUT2D eigenvalue weighted by Gasteiger charge is -2.15. The average molecular weight is 328 g/mol. The van der Waals surface area contributed by atoms with E-state index in [0.717, 1.165) is 6.54 Å². The van der Waals surface area contributed by atoms with Crippen molar-refractivity contribution in [1.29, 1.82) is 0 Å². The molecule has 0 bridgehead atoms. The summed E-state index contributed by atoms with van der Waals surface area (Å²) in [4.78, 5) is 0.304. The van der Waals surface area contributed by atoms with Crippen molar-refractivity contribution in [3.8, 4) is 0 Å². The average Bonchev–Trinajstić information content (AvgIpc) is 2.97. The van der Waals surface area contributed by atoms with Gasteiger partial charge in [-0.05, 0) is 35.6 Å². The maximum Gasteiger partial charge on any atom is 0.240 e. The first-order chi connectivity index (χ1) is 11.1. The summed E-state index contributed by atoms with van der Waals surface area (Å²) in [6.45, 7) is 3.22. The number of nitrogens with one attached hydrogen (secondary N) is 1. The van der Waals surface area contributed by atoms with Crippen molar-refractivity contribution in [3.63, 3.8) is 0 Å². The first-order valence-corrected chi connectivity index (χ1v) is 9.13. The molecular weight excluding hydrogens is 308 g/mol. The molecule has 23 heavy (non-hydrogen) atoms. The second-order valence-electron chi connectivity index (χ2n) is 5.80. The SMILES string of the molecule is C[C@@H](CNS(=O)(=O)c1ccccc1)Cn1ccc2ccccc21. The van der Waals surface area contributed by atoms with E-state index >= 15 is 0 Å². The molecule has 3 rings (SSSR count). The molecule has 5 heteroatoms. The maximum absolute atomic E-state index is 12.2. The van der Waals surface area contributed by atoms with Crippen LogP contribution in [0.1, 0.15) is 6.92 Å². The molecule has 0 radical (unpaired) electrons. The van der Waals surface area contributed by atoms with E-state index in [1.165, 1.54) is 10.9 Å². The molecule has 0 aliphatic rings. The zero-order chi connectivity index (χ0) is 16.3. The highest BCUT2D eigenvalue weighted by Crippen LogP contribution is 2.16. The van der Waals surface area contributed by atoms with Crippen LogP contribution in [0.5, 0.6) is 0 Å². The van der Waals surface area contributed by atoms with Crippen molar-refractivity contribution < 1.29 is 8.42 Å². The van der Waals surface area contributed by atoms with Gasteiger partial charge < -0.3 is 4.57 Å². The Balaban J connectivity index is 1.65. The summed E-state index contributed by atoms with van der Waals surface area (Å²) in [5, 5.41) is 1.20. The van der Waals surface area contributed by atoms with Crippen molar-refractivity contribution >= 4 is 20.9 Å². The summed E-state index contributed by atoms with van der Waals surface area (Å²) in [5.41, 5.74) is 1.17. The molecule has 2 aromatic carbocycles. The van der Waals surface area contributed by atoms with E-state index in [1.807, 2.05) is 25.3 Å². The predicted octanol–water partition coefficient (Wildman–Crippen LogP) is 3.26. The zero-order valence-corrected chi connectivity index (χ0v) is 13.8. The van der Waals surface area contributed by atoms with Crippen molar-refractivity contribution in [2.45, 2.75) is 18.4 Å². The number of hydrogen-bond donors (Lipinski definition) is 1. The van der Waals surface area contributed by atoms with Crippen LogP contribution >= 0.6 is 0 Å². The quantitative estimate of drug-likeness (QED) is 0.755. The van der Waals surface area contributed by atoms with Gasteiger partial charge in [0.05, 0.1) is 4.90 Å². The van der Waals surface area contributed by atoms with Crippen LogP contribution in [0.2, 0.25) is 0 Å². The van der Waals surface area contributed by atoms with Crippen LogP contribution in [0.15, 0.2) is 71.8 Å². The Morgan fingerprint density at radius 3 is 2.48 bits per heavy atom. The van der Waals surface area contributed by atoms with Crippen LogP contribution in [0.3, 0.4) is 0 Å². The predicted molar refractivity (Wildman–Crippen MR) is 92.7 cm³/mol. The third-order valence-electron chi connectivity index (χ3n) is 3.86. The molecule has 120 valence electrons. The van der Waals surface area contributed by atoms with Gasteiger partial charge in [0.25, 0.3) is 0 Å². The Hall–Kier alpha value is -2.11. The fraction of sp³-hybridized carbons (Fsp3) is 0.222. The summed E-state index contributed by atoms with van der Waals surface area (Å²) in [6.07, 6.45) is 2.05. The highest BCUT2D eigenvalue weighted by atomic mass is 32.2. The van der Waals surface area contributed by atoms with Gasteiger partial charge in [0.2, 0.25) is 10.0 Å². The van der Waals surface area contributed by atoms with Crippen molar-refractivity contribution in [2.75, 3.05) is 6.54 Å². The lowest BCUT2D eigenvalue weighted by atomic mass is 10.2. The first-order valence-electron chi connectivity index (χ1n) is 7.65. The molecule has 0 aliphatic heterocycles. The Kier molecular flexibility index (Phi) is 4.50. The van der Waals surface area contributed by atoms with Gasteiger partial charge in [0, 0.05) is 24.8 Å². The Bertz CT molecular complexity index is 886. The van der Waals surface area contributed by atoms with Gasteiger partial charge in [0.1, 0.15) is 0 Å². The molecule has 1 aromatic heterocycles. The molecule has 0 amide bonds. The van der Waals surface area contributed by atoms with Crippen LogP contribution < -0.4 is 4.72 Å². The van der Waals surface area contributed by atoms with Gasteiger partial charge in [-0.1, -0.05) is 43.3 Å². The van der Waals surface area contributed by atoms with Gasteiger partial charge >= 0.3 is 0 Å². The van der Waals surface area contributed by atoms with Crippen LogP contribution in [0.25, 0.3) is 10.9 Å². The molecule has 0 unspecified atom stereocenters. The van der Waals surface area contributed by atoms with E-state index in [1.54, 1.807) is 30.3 Å². The van der Waals surface area contributed by atoms with E-state index < -0.39 is 10.0 Å². The highest BCUT2D eigenvalue weighted by molar-refractivity contribution is 7.89. The van der Waals surface area contributed by atoms with Gasteiger partial charge in [-0.2, -0.15) is 0 Å². The van der Waals surface area contributed by atoms with Gasteiger partial charge in [-0.25, -0.2) is 13.1 Å². The molecular formula is C18H20N2O2S. The van der Waals surface area contributed by atoms with Crippen molar-refractivity contribution in [2.24, 2.45) is 5.92 Å². The smallest absolute Gasteiger partial charge is 0.240 e. The molecule has 0 saturated carbocycles. The number of sulfonamides is 1. The topological polar surface area (TPSA) is 51.1 Å². The fourth-order valence-electron chi connectivity index (χ4n) is 2.64. The number of para-hydroxylation sites is 1. The molecule has 1 atom stereocenters. The Morgan fingerprint density at radius 2 is 1.70 bits per heavy atom. The summed E-state index contributed by atoms with van der Waals surface area (Å²) < 4.78 is 29.3. The third kappa shape index (κ3) is 3.63. The second-order valence-corrected chi connectivity index (χ2v) is 7.56. The number of nitrogens with zero attached hydrogens (tertiary/aromatic N) is 1. The normalized spacial score (nSPS) is 13.3. The number of benzene rings is 2. The minimum Gasteiger partial charge on any atom is -0.347 e. The number of fused-ring (bicyclic) bond motifs is 1. The number of aromatic nitrogens is 1. The molecule has 0 fully saturated rings. The summed E-state index contributed by atoms with van der Waals surface area (Å²) in [5.74, 6) is 0.185. The second kappa shape index (κ2) is 6.56. The molecule has 3 aromatic rings. The molecule has 1 heterocycles. The molecule has 4 nitrogen and oxygen atoms in total. The monoisotopic (exact) mass is 328 g/mol. The van der Waals surface area contributed by atoms with Gasteiger partial charge in [-0.3, -0.25) is 0 Å². The van der Waals surface area contributed by atoms with E-state index in [-0.39, 0.29) is 5.92 Å². The third-order valence-corrected chi connectivity index (χ3v) is 5.30. The number of hydrogen-bond acceptors (Lipinski definition) is 2. The van der Waals surface area contributed by atoms with Crippen LogP contribution in [-0.2, 0) is 16.6 Å². The maximum atomic E-state index is 12.2. The molecule has 0 spiro atoms.